The number of ether oxygens (including phenoxy) is 2. The lowest BCUT2D eigenvalue weighted by Gasteiger charge is -2.32. The number of hydrogen-bond acceptors (Lipinski definition) is 5. The van der Waals surface area contributed by atoms with Crippen LogP contribution in [0.1, 0.15) is 53.6 Å². The fraction of sp³-hybridized carbons (Fsp3) is 0.310. The van der Waals surface area contributed by atoms with Crippen molar-refractivity contribution in [1.29, 1.82) is 0 Å². The molecule has 1 aliphatic heterocycles. The molecule has 4 aromatic rings. The molecule has 0 saturated heterocycles. The first kappa shape index (κ1) is 23.0. The van der Waals surface area contributed by atoms with Crippen LogP contribution in [-0.2, 0) is 16.9 Å². The van der Waals surface area contributed by atoms with Crippen molar-refractivity contribution in [3.05, 3.63) is 88.9 Å². The number of rotatable bonds is 7. The molecule has 5 rings (SSSR count). The number of methoxy groups -OCH3 is 1. The predicted octanol–water partition coefficient (Wildman–Crippen LogP) is 5.68. The van der Waals surface area contributed by atoms with Gasteiger partial charge in [0.15, 0.2) is 0 Å². The highest BCUT2D eigenvalue weighted by atomic mass is 16.6. The van der Waals surface area contributed by atoms with E-state index in [-0.39, 0.29) is 5.97 Å². The van der Waals surface area contributed by atoms with Crippen LogP contribution in [0, 0.1) is 6.92 Å². The van der Waals surface area contributed by atoms with Crippen molar-refractivity contribution in [2.24, 2.45) is 0 Å². The molecule has 180 valence electrons. The molecule has 2 aromatic heterocycles. The van der Waals surface area contributed by atoms with Gasteiger partial charge in [-0.1, -0.05) is 18.2 Å². The van der Waals surface area contributed by atoms with Crippen molar-refractivity contribution in [2.75, 3.05) is 25.1 Å². The number of aromatic nitrogens is 2. The summed E-state index contributed by atoms with van der Waals surface area (Å²) in [6, 6.07) is 18.0. The Labute approximate surface area is 206 Å². The molecular weight excluding hydrogens is 438 g/mol. The molecule has 0 amide bonds. The third-order valence-corrected chi connectivity index (χ3v) is 7.20. The first-order valence-corrected chi connectivity index (χ1v) is 12.2. The molecule has 35 heavy (non-hydrogen) atoms. The quantitative estimate of drug-likeness (QED) is 0.326. The van der Waals surface area contributed by atoms with E-state index in [1.165, 1.54) is 0 Å². The Morgan fingerprint density at radius 3 is 2.54 bits per heavy atom. The molecule has 0 N–H and O–H groups in total. The predicted molar refractivity (Wildman–Crippen MR) is 138 cm³/mol. The van der Waals surface area contributed by atoms with Crippen LogP contribution in [0.3, 0.4) is 0 Å². The van der Waals surface area contributed by atoms with Gasteiger partial charge < -0.3 is 18.9 Å². The number of carbonyl (C=O) groups is 1. The molecule has 0 fully saturated rings. The summed E-state index contributed by atoms with van der Waals surface area (Å²) in [5.74, 6) is 0.282. The van der Waals surface area contributed by atoms with E-state index in [2.05, 4.69) is 55.4 Å². The normalized spacial score (nSPS) is 16.9. The second-order valence-corrected chi connectivity index (χ2v) is 8.75. The van der Waals surface area contributed by atoms with Crippen molar-refractivity contribution in [1.82, 2.24) is 9.55 Å². The highest BCUT2D eigenvalue weighted by Gasteiger charge is 2.53. The second-order valence-electron chi connectivity index (χ2n) is 8.75. The molecule has 6 heteroatoms. The molecular formula is C29H31N3O3. The van der Waals surface area contributed by atoms with E-state index in [9.17, 15) is 4.79 Å². The van der Waals surface area contributed by atoms with E-state index in [4.69, 9.17) is 14.5 Å². The van der Waals surface area contributed by atoms with Gasteiger partial charge in [-0.15, -0.1) is 0 Å². The number of anilines is 1. The second kappa shape index (κ2) is 8.77. The van der Waals surface area contributed by atoms with Gasteiger partial charge in [0.25, 0.3) is 0 Å². The average Bonchev–Trinajstić information content (AvgIpc) is 3.35. The van der Waals surface area contributed by atoms with E-state index in [0.29, 0.717) is 17.0 Å². The number of cyclic esters (lactones) is 1. The summed E-state index contributed by atoms with van der Waals surface area (Å²) in [7, 11) is 1.66. The maximum Gasteiger partial charge on any atom is 0.341 e. The maximum atomic E-state index is 13.3. The highest BCUT2D eigenvalue weighted by molar-refractivity contribution is 5.98. The Balaban J connectivity index is 1.90. The zero-order valence-electron chi connectivity index (χ0n) is 21.0. The van der Waals surface area contributed by atoms with Gasteiger partial charge in [-0.3, -0.25) is 4.98 Å². The van der Waals surface area contributed by atoms with Crippen molar-refractivity contribution < 1.29 is 14.3 Å². The number of aryl methyl sites for hydroxylation is 1. The molecule has 0 spiro atoms. The van der Waals surface area contributed by atoms with Crippen LogP contribution in [0.4, 0.5) is 5.69 Å². The van der Waals surface area contributed by atoms with E-state index in [1.54, 1.807) is 25.4 Å². The number of nitrogens with zero attached hydrogens (tertiary/aromatic N) is 3. The third kappa shape index (κ3) is 3.23. The standard InChI is InChI=1S/C29H31N3O3/c1-6-31(7-2)20-15-16-23(25(18-20)34-5)29(27-22(28(33)35-29)13-11-17-30-27)26-19(4)32(8-3)24-14-10-9-12-21(24)26/h9-18H,6-8H2,1-5H3. The van der Waals surface area contributed by atoms with Gasteiger partial charge in [-0.2, -0.15) is 0 Å². The van der Waals surface area contributed by atoms with Crippen molar-refractivity contribution in [3.63, 3.8) is 0 Å². The van der Waals surface area contributed by atoms with E-state index >= 15 is 0 Å². The molecule has 0 saturated carbocycles. The van der Waals surface area contributed by atoms with E-state index in [0.717, 1.165) is 53.0 Å². The van der Waals surface area contributed by atoms with Crippen molar-refractivity contribution in [2.45, 2.75) is 39.8 Å². The molecule has 0 bridgehead atoms. The number of benzene rings is 2. The first-order valence-electron chi connectivity index (χ1n) is 12.2. The third-order valence-electron chi connectivity index (χ3n) is 7.20. The number of carbonyl (C=O) groups excluding carboxylic acids is 1. The van der Waals surface area contributed by atoms with E-state index in [1.807, 2.05) is 24.3 Å². The number of fused-ring (bicyclic) bond motifs is 2. The maximum absolute atomic E-state index is 13.3. The van der Waals surface area contributed by atoms with Gasteiger partial charge >= 0.3 is 5.97 Å². The minimum Gasteiger partial charge on any atom is -0.496 e. The summed E-state index contributed by atoms with van der Waals surface area (Å²) in [5.41, 5.74) is 4.74. The van der Waals surface area contributed by atoms with E-state index < -0.39 is 5.60 Å². The number of para-hydroxylation sites is 1. The molecule has 0 aliphatic carbocycles. The van der Waals surface area contributed by atoms with Crippen LogP contribution in [-0.4, -0.2) is 35.7 Å². The van der Waals surface area contributed by atoms with Gasteiger partial charge in [-0.25, -0.2) is 4.79 Å². The molecule has 6 nitrogen and oxygen atoms in total. The zero-order chi connectivity index (χ0) is 24.7. The summed E-state index contributed by atoms with van der Waals surface area (Å²) in [6.45, 7) is 11.0. The number of pyridine rings is 1. The Bertz CT molecular complexity index is 1420. The van der Waals surface area contributed by atoms with Crippen LogP contribution in [0.15, 0.2) is 60.8 Å². The Kier molecular flexibility index (Phi) is 5.75. The number of esters is 1. The van der Waals surface area contributed by atoms with Gasteiger partial charge in [-0.05, 0) is 58.0 Å². The van der Waals surface area contributed by atoms with Crippen LogP contribution in [0.5, 0.6) is 5.75 Å². The van der Waals surface area contributed by atoms with Crippen LogP contribution >= 0.6 is 0 Å². The SMILES string of the molecule is CCN(CC)c1ccc(C2(c3c(C)n(CC)c4ccccc34)OC(=O)c3cccnc32)c(OC)c1. The van der Waals surface area contributed by atoms with Gasteiger partial charge in [0.05, 0.1) is 12.7 Å². The Hall–Kier alpha value is -3.80. The molecule has 0 radical (unpaired) electrons. The fourth-order valence-electron chi connectivity index (χ4n) is 5.62. The smallest absolute Gasteiger partial charge is 0.341 e. The molecule has 3 heterocycles. The molecule has 1 unspecified atom stereocenters. The van der Waals surface area contributed by atoms with Gasteiger partial charge in [0.2, 0.25) is 5.60 Å². The summed E-state index contributed by atoms with van der Waals surface area (Å²) in [4.78, 5) is 20.3. The Morgan fingerprint density at radius 2 is 1.83 bits per heavy atom. The lowest BCUT2D eigenvalue weighted by molar-refractivity contribution is 0.0239. The average molecular weight is 470 g/mol. The molecule has 2 aromatic carbocycles. The summed E-state index contributed by atoms with van der Waals surface area (Å²) < 4.78 is 14.7. The van der Waals surface area contributed by atoms with Gasteiger partial charge in [0, 0.05) is 65.3 Å². The van der Waals surface area contributed by atoms with Gasteiger partial charge in [0.1, 0.15) is 11.4 Å². The Morgan fingerprint density at radius 1 is 1.06 bits per heavy atom. The van der Waals surface area contributed by atoms with Crippen molar-refractivity contribution >= 4 is 22.6 Å². The fourth-order valence-corrected chi connectivity index (χ4v) is 5.62. The summed E-state index contributed by atoms with van der Waals surface area (Å²) >= 11 is 0. The van der Waals surface area contributed by atoms with Crippen molar-refractivity contribution in [3.8, 4) is 5.75 Å². The minimum absolute atomic E-state index is 0.379. The summed E-state index contributed by atoms with van der Waals surface area (Å²) in [6.07, 6.45) is 1.72. The topological polar surface area (TPSA) is 56.6 Å². The van der Waals surface area contributed by atoms with Crippen LogP contribution in [0.2, 0.25) is 0 Å². The monoisotopic (exact) mass is 469 g/mol. The first-order chi connectivity index (χ1) is 17.0. The van der Waals surface area contributed by atoms with Crippen LogP contribution in [0.25, 0.3) is 10.9 Å². The van der Waals surface area contributed by atoms with Crippen LogP contribution < -0.4 is 9.64 Å². The lowest BCUT2D eigenvalue weighted by atomic mass is 9.80. The largest absolute Gasteiger partial charge is 0.496 e. The molecule has 1 atom stereocenters. The minimum atomic E-state index is -1.23. The molecule has 1 aliphatic rings. The number of hydrogen-bond donors (Lipinski definition) is 0. The summed E-state index contributed by atoms with van der Waals surface area (Å²) in [5, 5.41) is 1.04. The lowest BCUT2D eigenvalue weighted by Crippen LogP contribution is -2.32. The highest BCUT2D eigenvalue weighted by Crippen LogP contribution is 2.52. The zero-order valence-corrected chi connectivity index (χ0v) is 21.0.